The van der Waals surface area contributed by atoms with Crippen LogP contribution >= 0.6 is 0 Å². The van der Waals surface area contributed by atoms with Crippen molar-refractivity contribution in [3.05, 3.63) is 53.6 Å². The van der Waals surface area contributed by atoms with E-state index >= 15 is 0 Å². The van der Waals surface area contributed by atoms with Crippen LogP contribution in [0.1, 0.15) is 18.1 Å². The average molecular weight is 467 g/mol. The molecule has 3 aliphatic heterocycles. The maximum atomic E-state index is 12.8. The van der Waals surface area contributed by atoms with Crippen LogP contribution in [-0.2, 0) is 20.4 Å². The van der Waals surface area contributed by atoms with Crippen molar-refractivity contribution in [3.8, 4) is 11.5 Å². The summed E-state index contributed by atoms with van der Waals surface area (Å²) in [6, 6.07) is 10.0. The van der Waals surface area contributed by atoms with Gasteiger partial charge in [0.2, 0.25) is 12.2 Å². The minimum atomic E-state index is -4.39. The van der Waals surface area contributed by atoms with E-state index in [1.807, 2.05) is 18.9 Å². The number of anilines is 1. The molecule has 3 saturated heterocycles. The number of esters is 1. The number of ether oxygens (including phenoxy) is 4. The molecule has 2 aromatic rings. The van der Waals surface area contributed by atoms with Crippen LogP contribution < -0.4 is 19.9 Å². The Morgan fingerprint density at radius 3 is 2.52 bits per heavy atom. The summed E-state index contributed by atoms with van der Waals surface area (Å²) in [5.41, 5.74) is 3.77. The number of alkyl halides is 3. The van der Waals surface area contributed by atoms with Crippen LogP contribution in [0, 0.1) is 6.92 Å². The maximum absolute atomic E-state index is 12.8. The Hall–Kier alpha value is -3.02. The Morgan fingerprint density at radius 2 is 1.91 bits per heavy atom. The topological polar surface area (TPSA) is 72.5 Å². The minimum Gasteiger partial charge on any atom is -0.488 e. The SMILES string of the molecule is CCOC(=O)COc1ccc(OCC23NN(c4ccc(C(F)(F)F)cc4)C(O2)N3C)cc1C. The number of carbonyl (C=O) groups excluding carboxylic acids is 1. The lowest BCUT2D eigenvalue weighted by Crippen LogP contribution is -2.66. The highest BCUT2D eigenvalue weighted by Gasteiger charge is 2.63. The van der Waals surface area contributed by atoms with Gasteiger partial charge in [0.15, 0.2) is 6.61 Å². The van der Waals surface area contributed by atoms with Gasteiger partial charge in [0.1, 0.15) is 18.1 Å². The van der Waals surface area contributed by atoms with Gasteiger partial charge in [0.05, 0.1) is 17.9 Å². The average Bonchev–Trinajstić information content (AvgIpc) is 3.30. The minimum absolute atomic E-state index is 0.125. The van der Waals surface area contributed by atoms with Crippen molar-refractivity contribution in [3.63, 3.8) is 0 Å². The van der Waals surface area contributed by atoms with Crippen LogP contribution in [0.15, 0.2) is 42.5 Å². The lowest BCUT2D eigenvalue weighted by molar-refractivity contribution is -0.314. The van der Waals surface area contributed by atoms with Crippen molar-refractivity contribution in [2.75, 3.05) is 31.9 Å². The summed E-state index contributed by atoms with van der Waals surface area (Å²) in [5.74, 6) is -0.278. The number of halogens is 3. The van der Waals surface area contributed by atoms with Crippen molar-refractivity contribution in [1.29, 1.82) is 0 Å². The second-order valence-corrected chi connectivity index (χ2v) is 7.68. The summed E-state index contributed by atoms with van der Waals surface area (Å²) in [5, 5.41) is 1.65. The number of carbonyl (C=O) groups is 1. The van der Waals surface area contributed by atoms with Gasteiger partial charge in [0, 0.05) is 0 Å². The standard InChI is InChI=1S/C22H24F3N3O5/c1-4-30-19(29)12-31-18-10-9-17(11-14(18)2)32-13-21-26-28(20(33-21)27(21)3)16-7-5-15(6-8-16)22(23,24)25/h5-11,20,26H,4,12-13H2,1-3H3. The number of fused-ring (bicyclic) bond motifs is 1. The quantitative estimate of drug-likeness (QED) is 0.594. The summed E-state index contributed by atoms with van der Waals surface area (Å²) in [4.78, 5) is 13.3. The largest absolute Gasteiger partial charge is 0.488 e. The molecule has 2 unspecified atom stereocenters. The van der Waals surface area contributed by atoms with E-state index in [4.69, 9.17) is 18.9 Å². The molecule has 33 heavy (non-hydrogen) atoms. The molecule has 0 aliphatic carbocycles. The van der Waals surface area contributed by atoms with Crippen molar-refractivity contribution in [1.82, 2.24) is 10.3 Å². The smallest absolute Gasteiger partial charge is 0.416 e. The van der Waals surface area contributed by atoms with Gasteiger partial charge in [-0.1, -0.05) is 0 Å². The van der Waals surface area contributed by atoms with Crippen LogP contribution in [0.4, 0.5) is 18.9 Å². The third-order valence-corrected chi connectivity index (χ3v) is 5.42. The molecule has 178 valence electrons. The van der Waals surface area contributed by atoms with Gasteiger partial charge in [-0.3, -0.25) is 5.01 Å². The highest BCUT2D eigenvalue weighted by atomic mass is 19.4. The van der Waals surface area contributed by atoms with Crippen LogP contribution in [0.3, 0.4) is 0 Å². The monoisotopic (exact) mass is 467 g/mol. The van der Waals surface area contributed by atoms with Crippen LogP contribution in [0.2, 0.25) is 0 Å². The van der Waals surface area contributed by atoms with E-state index in [-0.39, 0.29) is 19.8 Å². The first-order valence-electron chi connectivity index (χ1n) is 10.3. The molecule has 11 heteroatoms. The number of aryl methyl sites for hydroxylation is 1. The van der Waals surface area contributed by atoms with Gasteiger partial charge in [-0.15, -0.1) is 0 Å². The first-order valence-corrected chi connectivity index (χ1v) is 10.3. The number of likely N-dealkylation sites (N-methyl/N-ethyl adjacent to an activating group) is 1. The normalized spacial score (nSPS) is 22.1. The number of nitrogens with zero attached hydrogens (tertiary/aromatic N) is 2. The molecule has 3 fully saturated rings. The van der Waals surface area contributed by atoms with Crippen molar-refractivity contribution < 1.29 is 36.9 Å². The van der Waals surface area contributed by atoms with E-state index in [9.17, 15) is 18.0 Å². The molecule has 8 nitrogen and oxygen atoms in total. The molecule has 2 atom stereocenters. The summed E-state index contributed by atoms with van der Waals surface area (Å²) in [6.07, 6.45) is -4.86. The van der Waals surface area contributed by atoms with Crippen molar-refractivity contribution in [2.45, 2.75) is 32.2 Å². The zero-order valence-corrected chi connectivity index (χ0v) is 18.3. The fraction of sp³-hybridized carbons (Fsp3) is 0.409. The van der Waals surface area contributed by atoms with Crippen molar-refractivity contribution in [2.24, 2.45) is 0 Å². The third-order valence-electron chi connectivity index (χ3n) is 5.42. The third kappa shape index (κ3) is 4.56. The summed E-state index contributed by atoms with van der Waals surface area (Å²) in [7, 11) is 1.83. The Labute approximate surface area is 188 Å². The first-order chi connectivity index (χ1) is 15.6. The number of nitrogens with one attached hydrogen (secondary N) is 1. The van der Waals surface area contributed by atoms with E-state index in [2.05, 4.69) is 5.43 Å². The van der Waals surface area contributed by atoms with Crippen LogP contribution in [-0.4, -0.2) is 49.9 Å². The van der Waals surface area contributed by atoms with E-state index in [0.29, 0.717) is 17.2 Å². The molecule has 0 amide bonds. The fourth-order valence-electron chi connectivity index (χ4n) is 3.61. The molecule has 2 aromatic carbocycles. The number of hydrogen-bond acceptors (Lipinski definition) is 8. The van der Waals surface area contributed by atoms with Crippen LogP contribution in [0.25, 0.3) is 0 Å². The molecule has 3 aliphatic rings. The van der Waals surface area contributed by atoms with Gasteiger partial charge < -0.3 is 18.9 Å². The lowest BCUT2D eigenvalue weighted by Gasteiger charge is -2.44. The van der Waals surface area contributed by atoms with Gasteiger partial charge in [-0.2, -0.15) is 18.6 Å². The molecule has 5 rings (SSSR count). The zero-order chi connectivity index (χ0) is 23.8. The highest BCUT2D eigenvalue weighted by Crippen LogP contribution is 2.42. The molecule has 0 radical (unpaired) electrons. The fourth-order valence-corrected chi connectivity index (χ4v) is 3.61. The zero-order valence-electron chi connectivity index (χ0n) is 18.3. The van der Waals surface area contributed by atoms with Crippen LogP contribution in [0.5, 0.6) is 11.5 Å². The summed E-state index contributed by atoms with van der Waals surface area (Å²) < 4.78 is 60.6. The molecular formula is C22H24F3N3O5. The molecule has 0 saturated carbocycles. The second kappa shape index (κ2) is 8.73. The number of benzene rings is 2. The lowest BCUT2D eigenvalue weighted by atomic mass is 10.2. The van der Waals surface area contributed by atoms with Gasteiger partial charge in [-0.05, 0) is 68.9 Å². The maximum Gasteiger partial charge on any atom is 0.416 e. The Bertz CT molecular complexity index is 1020. The van der Waals surface area contributed by atoms with Gasteiger partial charge in [0.25, 0.3) is 0 Å². The van der Waals surface area contributed by atoms with E-state index < -0.39 is 29.9 Å². The highest BCUT2D eigenvalue weighted by molar-refractivity contribution is 5.71. The molecule has 1 N–H and O–H groups in total. The predicted molar refractivity (Wildman–Crippen MR) is 111 cm³/mol. The predicted octanol–water partition coefficient (Wildman–Crippen LogP) is 3.26. The van der Waals surface area contributed by atoms with E-state index in [1.54, 1.807) is 30.1 Å². The number of rotatable bonds is 8. The number of hydrogen-bond donors (Lipinski definition) is 1. The second-order valence-electron chi connectivity index (χ2n) is 7.68. The first kappa shape index (κ1) is 23.1. The Kier molecular flexibility index (Phi) is 6.12. The molecule has 2 bridgehead atoms. The molecule has 3 heterocycles. The molecular weight excluding hydrogens is 443 g/mol. The van der Waals surface area contributed by atoms with E-state index in [1.165, 1.54) is 12.1 Å². The summed E-state index contributed by atoms with van der Waals surface area (Å²) >= 11 is 0. The number of hydrazine groups is 1. The van der Waals surface area contributed by atoms with Gasteiger partial charge in [-0.25, -0.2) is 9.69 Å². The molecule has 0 spiro atoms. The molecule has 0 aromatic heterocycles. The van der Waals surface area contributed by atoms with E-state index in [0.717, 1.165) is 17.7 Å². The van der Waals surface area contributed by atoms with Gasteiger partial charge >= 0.3 is 12.1 Å². The summed E-state index contributed by atoms with van der Waals surface area (Å²) in [6.45, 7) is 3.79. The Morgan fingerprint density at radius 1 is 1.18 bits per heavy atom. The van der Waals surface area contributed by atoms with Crippen molar-refractivity contribution >= 4 is 11.7 Å². The Balaban J connectivity index is 1.36.